The van der Waals surface area contributed by atoms with Crippen LogP contribution >= 0.6 is 12.4 Å². The van der Waals surface area contributed by atoms with Gasteiger partial charge in [-0.15, -0.1) is 12.4 Å². The van der Waals surface area contributed by atoms with E-state index in [2.05, 4.69) is 9.97 Å². The van der Waals surface area contributed by atoms with Crippen LogP contribution in [0.3, 0.4) is 0 Å². The molecule has 0 aliphatic heterocycles. The lowest BCUT2D eigenvalue weighted by Gasteiger charge is -1.90. The van der Waals surface area contributed by atoms with E-state index >= 15 is 0 Å². The van der Waals surface area contributed by atoms with Crippen LogP contribution in [-0.2, 0) is 11.2 Å². The highest BCUT2D eigenvalue weighted by molar-refractivity contribution is 5.85. The van der Waals surface area contributed by atoms with E-state index < -0.39 is 5.97 Å². The van der Waals surface area contributed by atoms with Crippen LogP contribution in [-0.4, -0.2) is 21.0 Å². The van der Waals surface area contributed by atoms with Crippen molar-refractivity contribution in [3.8, 4) is 0 Å². The topological polar surface area (TPSA) is 63.1 Å². The van der Waals surface area contributed by atoms with Gasteiger partial charge in [0.25, 0.3) is 0 Å². The summed E-state index contributed by atoms with van der Waals surface area (Å²) in [6.45, 7) is 0. The monoisotopic (exact) mass is 174 g/mol. The highest BCUT2D eigenvalue weighted by atomic mass is 35.5. The maximum atomic E-state index is 10.1. The molecule has 4 nitrogen and oxygen atoms in total. The Balaban J connectivity index is 0.000001000. The Labute approximate surface area is 69.7 Å². The van der Waals surface area contributed by atoms with Crippen molar-refractivity contribution < 1.29 is 9.90 Å². The number of carboxylic acid groups (broad SMARTS) is 1. The van der Waals surface area contributed by atoms with Crippen molar-refractivity contribution in [2.24, 2.45) is 0 Å². The molecule has 0 atom stereocenters. The fraction of sp³-hybridized carbons (Fsp3) is 0.167. The van der Waals surface area contributed by atoms with Gasteiger partial charge in [-0.05, 0) is 0 Å². The molecule has 0 bridgehead atoms. The zero-order valence-corrected chi connectivity index (χ0v) is 6.41. The fourth-order valence-corrected chi connectivity index (χ4v) is 0.576. The fourth-order valence-electron chi connectivity index (χ4n) is 0.576. The first-order valence-electron chi connectivity index (χ1n) is 2.76. The van der Waals surface area contributed by atoms with E-state index in [1.165, 1.54) is 18.6 Å². The Hall–Kier alpha value is -1.16. The second-order valence-electron chi connectivity index (χ2n) is 1.77. The van der Waals surface area contributed by atoms with E-state index in [0.29, 0.717) is 5.69 Å². The molecule has 0 unspecified atom stereocenters. The number of aliphatic carboxylic acids is 1. The average Bonchev–Trinajstić information content (AvgIpc) is 1.88. The maximum absolute atomic E-state index is 10.1. The molecule has 0 saturated heterocycles. The Morgan fingerprint density at radius 3 is 2.73 bits per heavy atom. The molecule has 0 saturated carbocycles. The lowest BCUT2D eigenvalue weighted by molar-refractivity contribution is -0.136. The summed E-state index contributed by atoms with van der Waals surface area (Å²) in [7, 11) is 0. The van der Waals surface area contributed by atoms with E-state index in [1.807, 2.05) is 0 Å². The van der Waals surface area contributed by atoms with Gasteiger partial charge in [0.15, 0.2) is 0 Å². The van der Waals surface area contributed by atoms with Crippen molar-refractivity contribution in [1.82, 2.24) is 9.97 Å². The molecule has 1 heterocycles. The number of carbonyl (C=O) groups is 1. The summed E-state index contributed by atoms with van der Waals surface area (Å²) in [5.41, 5.74) is 0.481. The third kappa shape index (κ3) is 3.52. The van der Waals surface area contributed by atoms with Gasteiger partial charge in [-0.1, -0.05) is 0 Å². The van der Waals surface area contributed by atoms with Crippen molar-refractivity contribution in [3.63, 3.8) is 0 Å². The summed E-state index contributed by atoms with van der Waals surface area (Å²) in [5, 5.41) is 8.30. The minimum Gasteiger partial charge on any atom is -0.481 e. The summed E-state index contributed by atoms with van der Waals surface area (Å²) < 4.78 is 0. The van der Waals surface area contributed by atoms with Gasteiger partial charge in [0, 0.05) is 18.6 Å². The molecular weight excluding hydrogens is 168 g/mol. The van der Waals surface area contributed by atoms with Crippen LogP contribution in [0.5, 0.6) is 0 Å². The van der Waals surface area contributed by atoms with E-state index in [-0.39, 0.29) is 18.8 Å². The normalized spacial score (nSPS) is 8.36. The number of aromatic nitrogens is 2. The molecule has 0 aliphatic rings. The molecule has 0 radical (unpaired) electrons. The zero-order valence-electron chi connectivity index (χ0n) is 5.60. The Bertz CT molecular complexity index is 227. The standard InChI is InChI=1S/C6H6N2O2.ClH/c9-6(10)3-5-4-7-1-2-8-5;/h1-2,4H,3H2,(H,9,10);1H. The minimum absolute atomic E-state index is 0. The average molecular weight is 175 g/mol. The number of hydrogen-bond donors (Lipinski definition) is 1. The van der Waals surface area contributed by atoms with E-state index in [1.54, 1.807) is 0 Å². The van der Waals surface area contributed by atoms with Crippen LogP contribution in [0.15, 0.2) is 18.6 Å². The van der Waals surface area contributed by atoms with Crippen molar-refractivity contribution in [2.45, 2.75) is 6.42 Å². The molecule has 0 aliphatic carbocycles. The minimum atomic E-state index is -0.888. The van der Waals surface area contributed by atoms with Gasteiger partial charge < -0.3 is 5.11 Å². The summed E-state index contributed by atoms with van der Waals surface area (Å²) in [6, 6.07) is 0. The predicted octanol–water partition coefficient (Wildman–Crippen LogP) is 0.525. The molecule has 0 spiro atoms. The number of carboxylic acids is 1. The molecule has 0 fully saturated rings. The van der Waals surface area contributed by atoms with Crippen molar-refractivity contribution in [3.05, 3.63) is 24.3 Å². The smallest absolute Gasteiger partial charge is 0.309 e. The van der Waals surface area contributed by atoms with Crippen LogP contribution in [0, 0.1) is 0 Å². The number of halogens is 1. The van der Waals surface area contributed by atoms with Crippen LogP contribution in [0.25, 0.3) is 0 Å². The van der Waals surface area contributed by atoms with E-state index in [4.69, 9.17) is 5.11 Å². The maximum Gasteiger partial charge on any atom is 0.309 e. The Morgan fingerprint density at radius 2 is 2.27 bits per heavy atom. The largest absolute Gasteiger partial charge is 0.481 e. The van der Waals surface area contributed by atoms with Crippen LogP contribution in [0.2, 0.25) is 0 Å². The number of rotatable bonds is 2. The molecule has 11 heavy (non-hydrogen) atoms. The first-order valence-corrected chi connectivity index (χ1v) is 2.76. The third-order valence-corrected chi connectivity index (χ3v) is 0.949. The molecule has 60 valence electrons. The molecule has 0 amide bonds. The lowest BCUT2D eigenvalue weighted by Crippen LogP contribution is -2.01. The highest BCUT2D eigenvalue weighted by Gasteiger charge is 1.98. The summed E-state index contributed by atoms with van der Waals surface area (Å²) >= 11 is 0. The van der Waals surface area contributed by atoms with Gasteiger partial charge in [-0.2, -0.15) is 0 Å². The number of hydrogen-bond acceptors (Lipinski definition) is 3. The number of nitrogens with zero attached hydrogens (tertiary/aromatic N) is 2. The van der Waals surface area contributed by atoms with Gasteiger partial charge in [0.05, 0.1) is 12.1 Å². The lowest BCUT2D eigenvalue weighted by atomic mass is 10.3. The van der Waals surface area contributed by atoms with Gasteiger partial charge in [-0.25, -0.2) is 0 Å². The first kappa shape index (κ1) is 9.84. The van der Waals surface area contributed by atoms with Crippen molar-refractivity contribution >= 4 is 18.4 Å². The SMILES string of the molecule is Cl.O=C(O)Cc1cnccn1. The van der Waals surface area contributed by atoms with E-state index in [0.717, 1.165) is 0 Å². The summed E-state index contributed by atoms with van der Waals surface area (Å²) in [6.07, 6.45) is 4.35. The zero-order chi connectivity index (χ0) is 7.40. The summed E-state index contributed by atoms with van der Waals surface area (Å²) in [4.78, 5) is 17.6. The molecule has 5 heteroatoms. The van der Waals surface area contributed by atoms with Crippen molar-refractivity contribution in [1.29, 1.82) is 0 Å². The molecule has 1 N–H and O–H groups in total. The predicted molar refractivity (Wildman–Crippen MR) is 40.6 cm³/mol. The molecule has 1 aromatic rings. The van der Waals surface area contributed by atoms with Crippen LogP contribution < -0.4 is 0 Å². The Kier molecular flexibility index (Phi) is 4.14. The van der Waals surface area contributed by atoms with Gasteiger partial charge in [-0.3, -0.25) is 14.8 Å². The van der Waals surface area contributed by atoms with Gasteiger partial charge >= 0.3 is 5.97 Å². The molecule has 1 aromatic heterocycles. The van der Waals surface area contributed by atoms with Gasteiger partial charge in [0.2, 0.25) is 0 Å². The quantitative estimate of drug-likeness (QED) is 0.710. The first-order chi connectivity index (χ1) is 4.79. The molecular formula is C6H7ClN2O2. The van der Waals surface area contributed by atoms with E-state index in [9.17, 15) is 4.79 Å². The molecule has 1 rings (SSSR count). The summed E-state index contributed by atoms with van der Waals surface area (Å²) in [5.74, 6) is -0.888. The second-order valence-corrected chi connectivity index (χ2v) is 1.77. The second kappa shape index (κ2) is 4.62. The van der Waals surface area contributed by atoms with Crippen molar-refractivity contribution in [2.75, 3.05) is 0 Å². The van der Waals surface area contributed by atoms with Crippen LogP contribution in [0.4, 0.5) is 0 Å². The third-order valence-electron chi connectivity index (χ3n) is 0.949. The molecule has 0 aromatic carbocycles. The highest BCUT2D eigenvalue weighted by Crippen LogP contribution is 1.90. The van der Waals surface area contributed by atoms with Crippen LogP contribution in [0.1, 0.15) is 5.69 Å². The van der Waals surface area contributed by atoms with Gasteiger partial charge in [0.1, 0.15) is 0 Å². The Morgan fingerprint density at radius 1 is 1.55 bits per heavy atom.